The van der Waals surface area contributed by atoms with E-state index in [0.29, 0.717) is 0 Å². The molecule has 4 nitrogen and oxygen atoms in total. The minimum absolute atomic E-state index is 0. The van der Waals surface area contributed by atoms with Crippen molar-refractivity contribution in [1.29, 1.82) is 0 Å². The number of halogens is 1. The van der Waals surface area contributed by atoms with Crippen molar-refractivity contribution < 1.29 is 9.53 Å². The van der Waals surface area contributed by atoms with Crippen LogP contribution in [0.3, 0.4) is 0 Å². The fraction of sp³-hybridized carbons (Fsp3) is 0.562. The van der Waals surface area contributed by atoms with Crippen LogP contribution in [0, 0.1) is 0 Å². The van der Waals surface area contributed by atoms with E-state index >= 15 is 0 Å². The molecule has 0 radical (unpaired) electrons. The number of ether oxygens (including phenoxy) is 1. The summed E-state index contributed by atoms with van der Waals surface area (Å²) in [7, 11) is 0. The third-order valence-corrected chi connectivity index (χ3v) is 3.84. The molecule has 2 N–H and O–H groups in total. The zero-order chi connectivity index (χ0) is 14.5. The van der Waals surface area contributed by atoms with Gasteiger partial charge in [0.05, 0.1) is 0 Å². The number of para-hydroxylation sites is 1. The first kappa shape index (κ1) is 17.8. The predicted molar refractivity (Wildman–Crippen MR) is 86.8 cm³/mol. The summed E-state index contributed by atoms with van der Waals surface area (Å²) in [5.41, 5.74) is 6.01. The van der Waals surface area contributed by atoms with E-state index in [1.165, 1.54) is 0 Å². The van der Waals surface area contributed by atoms with Gasteiger partial charge in [-0.2, -0.15) is 0 Å². The molecular weight excluding hydrogens is 288 g/mol. The molecule has 3 unspecified atom stereocenters. The molecule has 0 aromatic heterocycles. The highest BCUT2D eigenvalue weighted by Crippen LogP contribution is 2.21. The summed E-state index contributed by atoms with van der Waals surface area (Å²) in [4.78, 5) is 14.5. The quantitative estimate of drug-likeness (QED) is 0.929. The van der Waals surface area contributed by atoms with Gasteiger partial charge >= 0.3 is 0 Å². The molecule has 0 aliphatic carbocycles. The number of benzene rings is 1. The number of carbonyl (C=O) groups is 1. The van der Waals surface area contributed by atoms with Crippen molar-refractivity contribution in [3.8, 4) is 5.75 Å². The third-order valence-electron chi connectivity index (χ3n) is 3.84. The van der Waals surface area contributed by atoms with Gasteiger partial charge in [0.2, 0.25) is 0 Å². The molecule has 0 bridgehead atoms. The topological polar surface area (TPSA) is 55.6 Å². The number of hydrogen-bond acceptors (Lipinski definition) is 3. The second kappa shape index (κ2) is 8.25. The highest BCUT2D eigenvalue weighted by Gasteiger charge is 2.32. The van der Waals surface area contributed by atoms with Crippen LogP contribution in [0.25, 0.3) is 0 Å². The van der Waals surface area contributed by atoms with E-state index in [1.807, 2.05) is 49.1 Å². The average molecular weight is 313 g/mol. The molecule has 1 fully saturated rings. The Morgan fingerprint density at radius 1 is 1.29 bits per heavy atom. The first-order valence-corrected chi connectivity index (χ1v) is 7.37. The number of piperidine rings is 1. The summed E-state index contributed by atoms with van der Waals surface area (Å²) < 4.78 is 5.73. The van der Waals surface area contributed by atoms with E-state index in [4.69, 9.17) is 10.5 Å². The van der Waals surface area contributed by atoms with Gasteiger partial charge in [-0.15, -0.1) is 12.4 Å². The van der Waals surface area contributed by atoms with E-state index < -0.39 is 6.10 Å². The average Bonchev–Trinajstić information content (AvgIpc) is 2.47. The van der Waals surface area contributed by atoms with Crippen LogP contribution >= 0.6 is 12.4 Å². The Morgan fingerprint density at radius 2 is 1.95 bits per heavy atom. The number of hydrogen-bond donors (Lipinski definition) is 1. The lowest BCUT2D eigenvalue weighted by molar-refractivity contribution is -0.142. The van der Waals surface area contributed by atoms with E-state index in [0.717, 1.165) is 31.6 Å². The molecule has 1 saturated heterocycles. The van der Waals surface area contributed by atoms with E-state index in [1.54, 1.807) is 0 Å². The fourth-order valence-electron chi connectivity index (χ4n) is 2.76. The van der Waals surface area contributed by atoms with Gasteiger partial charge in [0, 0.05) is 18.6 Å². The third kappa shape index (κ3) is 4.61. The van der Waals surface area contributed by atoms with Crippen LogP contribution in [0.2, 0.25) is 0 Å². The monoisotopic (exact) mass is 312 g/mol. The molecule has 5 heteroatoms. The Hall–Kier alpha value is -1.26. The van der Waals surface area contributed by atoms with Crippen LogP contribution in [0.4, 0.5) is 0 Å². The van der Waals surface area contributed by atoms with Crippen LogP contribution in [0.15, 0.2) is 30.3 Å². The number of nitrogens with zero attached hydrogens (tertiary/aromatic N) is 1. The lowest BCUT2D eigenvalue weighted by Crippen LogP contribution is -2.54. The van der Waals surface area contributed by atoms with Crippen molar-refractivity contribution >= 4 is 18.3 Å². The molecule has 1 amide bonds. The zero-order valence-electron chi connectivity index (χ0n) is 12.7. The number of likely N-dealkylation sites (tertiary alicyclic amines) is 1. The number of nitrogens with two attached hydrogens (primary N) is 1. The Morgan fingerprint density at radius 3 is 2.57 bits per heavy atom. The first-order valence-electron chi connectivity index (χ1n) is 7.37. The smallest absolute Gasteiger partial charge is 0.263 e. The van der Waals surface area contributed by atoms with Crippen molar-refractivity contribution in [2.75, 3.05) is 6.54 Å². The molecular formula is C16H25ClN2O2. The normalized spacial score (nSPS) is 21.1. The van der Waals surface area contributed by atoms with Crippen molar-refractivity contribution in [2.45, 2.75) is 51.3 Å². The Kier molecular flexibility index (Phi) is 6.99. The van der Waals surface area contributed by atoms with Gasteiger partial charge in [0.15, 0.2) is 6.10 Å². The van der Waals surface area contributed by atoms with Crippen LogP contribution in [0.5, 0.6) is 5.75 Å². The molecule has 118 valence electrons. The fourth-order valence-corrected chi connectivity index (χ4v) is 2.76. The van der Waals surface area contributed by atoms with Gasteiger partial charge in [-0.25, -0.2) is 0 Å². The van der Waals surface area contributed by atoms with Crippen molar-refractivity contribution in [3.63, 3.8) is 0 Å². The molecule has 3 atom stereocenters. The Bertz CT molecular complexity index is 439. The van der Waals surface area contributed by atoms with Crippen molar-refractivity contribution in [2.24, 2.45) is 5.73 Å². The summed E-state index contributed by atoms with van der Waals surface area (Å²) in [5.74, 6) is 0.763. The zero-order valence-corrected chi connectivity index (χ0v) is 13.5. The molecule has 0 saturated carbocycles. The highest BCUT2D eigenvalue weighted by atomic mass is 35.5. The van der Waals surface area contributed by atoms with E-state index in [9.17, 15) is 4.79 Å². The van der Waals surface area contributed by atoms with Gasteiger partial charge < -0.3 is 15.4 Å². The maximum Gasteiger partial charge on any atom is 0.263 e. The molecule has 2 rings (SSSR count). The molecule has 0 spiro atoms. The molecule has 1 aromatic rings. The summed E-state index contributed by atoms with van der Waals surface area (Å²) in [5, 5.41) is 0. The lowest BCUT2D eigenvalue weighted by atomic mass is 9.96. The summed E-state index contributed by atoms with van der Waals surface area (Å²) >= 11 is 0. The second-order valence-electron chi connectivity index (χ2n) is 5.53. The van der Waals surface area contributed by atoms with Crippen LogP contribution in [0.1, 0.15) is 33.1 Å². The predicted octanol–water partition coefficient (Wildman–Crippen LogP) is 2.60. The molecule has 1 heterocycles. The molecule has 1 aliphatic heterocycles. The molecule has 21 heavy (non-hydrogen) atoms. The summed E-state index contributed by atoms with van der Waals surface area (Å²) in [6.45, 7) is 4.56. The highest BCUT2D eigenvalue weighted by molar-refractivity contribution is 5.85. The van der Waals surface area contributed by atoms with Gasteiger partial charge in [0.25, 0.3) is 5.91 Å². The molecule has 1 aliphatic rings. The minimum atomic E-state index is -0.475. The van der Waals surface area contributed by atoms with Crippen molar-refractivity contribution in [3.05, 3.63) is 30.3 Å². The SMILES string of the molecule is CC(Oc1ccccc1)C(=O)N1CCCCC1C(C)N.Cl. The van der Waals surface area contributed by atoms with Crippen molar-refractivity contribution in [1.82, 2.24) is 4.90 Å². The minimum Gasteiger partial charge on any atom is -0.481 e. The van der Waals surface area contributed by atoms with E-state index in [2.05, 4.69) is 0 Å². The first-order chi connectivity index (χ1) is 9.59. The van der Waals surface area contributed by atoms with Crippen LogP contribution < -0.4 is 10.5 Å². The maximum atomic E-state index is 12.6. The Labute approximate surface area is 133 Å². The summed E-state index contributed by atoms with van der Waals surface area (Å²) in [6, 6.07) is 9.60. The van der Waals surface area contributed by atoms with Gasteiger partial charge in [-0.1, -0.05) is 18.2 Å². The standard InChI is InChI=1S/C16H24N2O2.ClH/c1-12(17)15-10-6-7-11-18(15)16(19)13(2)20-14-8-4-3-5-9-14;/h3-5,8-9,12-13,15H,6-7,10-11,17H2,1-2H3;1H. The second-order valence-corrected chi connectivity index (χ2v) is 5.53. The maximum absolute atomic E-state index is 12.6. The van der Waals surface area contributed by atoms with Gasteiger partial charge in [-0.05, 0) is 45.2 Å². The molecule has 1 aromatic carbocycles. The number of amides is 1. The van der Waals surface area contributed by atoms with Crippen LogP contribution in [-0.2, 0) is 4.79 Å². The number of carbonyl (C=O) groups excluding carboxylic acids is 1. The Balaban J connectivity index is 0.00000220. The number of rotatable bonds is 4. The van der Waals surface area contributed by atoms with Gasteiger partial charge in [0.1, 0.15) is 5.75 Å². The van der Waals surface area contributed by atoms with E-state index in [-0.39, 0.29) is 30.4 Å². The summed E-state index contributed by atoms with van der Waals surface area (Å²) in [6.07, 6.45) is 2.70. The lowest BCUT2D eigenvalue weighted by Gasteiger charge is -2.39. The largest absolute Gasteiger partial charge is 0.481 e. The van der Waals surface area contributed by atoms with Gasteiger partial charge in [-0.3, -0.25) is 4.79 Å². The van der Waals surface area contributed by atoms with Crippen LogP contribution in [-0.4, -0.2) is 35.5 Å².